The van der Waals surface area contributed by atoms with Crippen molar-refractivity contribution in [3.05, 3.63) is 59.7 Å². The number of rotatable bonds is 4. The van der Waals surface area contributed by atoms with Crippen LogP contribution in [0.1, 0.15) is 97.5 Å². The third-order valence-corrected chi connectivity index (χ3v) is 4.94. The van der Waals surface area contributed by atoms with Crippen LogP contribution in [0.3, 0.4) is 0 Å². The molecule has 0 aliphatic carbocycles. The Morgan fingerprint density at radius 2 is 0.837 bits per heavy atom. The Morgan fingerprint density at radius 1 is 0.488 bits per heavy atom. The monoisotopic (exact) mass is 591 g/mol. The first-order chi connectivity index (χ1) is 20.2. The molecule has 2 heteroatoms. The van der Waals surface area contributed by atoms with E-state index in [9.17, 15) is 0 Å². The third kappa shape index (κ3) is 19.6. The summed E-state index contributed by atoms with van der Waals surface area (Å²) in [6.07, 6.45) is 0. The fraction of sp³-hybridized carbons (Fsp3) is 0.366. The molecule has 2 aromatic rings. The van der Waals surface area contributed by atoms with Crippen LogP contribution in [0.15, 0.2) is 48.5 Å². The molecule has 242 valence electrons. The zero-order valence-corrected chi connectivity index (χ0v) is 27.3. The van der Waals surface area contributed by atoms with Crippen LogP contribution in [0.2, 0.25) is 0 Å². The van der Waals surface area contributed by atoms with E-state index < -0.39 is 0 Å². The zero-order valence-electron chi connectivity index (χ0n) is 27.3. The van der Waals surface area contributed by atoms with Gasteiger partial charge in [-0.1, -0.05) is 86.3 Å². The van der Waals surface area contributed by atoms with E-state index in [0.717, 1.165) is 23.7 Å². The molecule has 2 nitrogen and oxygen atoms in total. The molecule has 0 amide bonds. The first kappa shape index (κ1) is 36.0. The summed E-state index contributed by atoms with van der Waals surface area (Å²) in [5.41, 5.74) is 2.76. The molecular weight excluding hydrogens is 524 g/mol. The van der Waals surface area contributed by atoms with Crippen molar-refractivity contribution in [2.24, 2.45) is 10.8 Å². The van der Waals surface area contributed by atoms with Gasteiger partial charge in [-0.05, 0) is 136 Å². The normalized spacial score (nSPS) is 9.44. The fourth-order valence-corrected chi connectivity index (χ4v) is 2.76. The molecule has 43 heavy (non-hydrogen) atoms. The van der Waals surface area contributed by atoms with E-state index in [1.807, 2.05) is 24.3 Å². The van der Waals surface area contributed by atoms with E-state index in [1.54, 1.807) is 6.92 Å². The summed E-state index contributed by atoms with van der Waals surface area (Å²) in [6.45, 7) is 22.7. The Labute approximate surface area is 279 Å². The quantitative estimate of drug-likeness (QED) is 0.330. The average molecular weight is 591 g/mol. The van der Waals surface area contributed by atoms with Crippen LogP contribution in [-0.2, 0) is 5.41 Å². The fourth-order valence-electron chi connectivity index (χ4n) is 2.76. The predicted octanol–water partition coefficient (Wildman–Crippen LogP) is 10.9. The molecule has 0 aliphatic rings. The minimum absolute atomic E-state index is 0. The van der Waals surface area contributed by atoms with Crippen LogP contribution in [0.5, 0.6) is 11.5 Å². The Balaban J connectivity index is -0.0000000591. The third-order valence-electron chi connectivity index (χ3n) is 4.94. The summed E-state index contributed by atoms with van der Waals surface area (Å²) in [5.74, 6) is 38.5. The van der Waals surface area contributed by atoms with Gasteiger partial charge in [-0.15, -0.1) is 0 Å². The molecule has 0 N–H and O–H groups in total. The minimum Gasteiger partial charge on any atom is -0.493 e. The second kappa shape index (κ2) is 18.4. The van der Waals surface area contributed by atoms with Crippen molar-refractivity contribution in [1.29, 1.82) is 0 Å². The van der Waals surface area contributed by atoms with Gasteiger partial charge in [0.15, 0.2) is 0 Å². The van der Waals surface area contributed by atoms with Crippen LogP contribution >= 0.6 is 0 Å². The first-order valence-electron chi connectivity index (χ1n) is 14.1. The number of hydrogen-bond acceptors (Lipinski definition) is 2. The molecule has 0 heterocycles. The topological polar surface area (TPSA) is 18.5 Å². The Hall–Kier alpha value is -5.04. The van der Waals surface area contributed by atoms with Gasteiger partial charge in [-0.3, -0.25) is 0 Å². The van der Waals surface area contributed by atoms with E-state index in [1.165, 1.54) is 5.56 Å². The summed E-state index contributed by atoms with van der Waals surface area (Å²) in [4.78, 5) is 0. The Morgan fingerprint density at radius 3 is 1.19 bits per heavy atom. The van der Waals surface area contributed by atoms with Crippen molar-refractivity contribution in [2.45, 2.75) is 74.7 Å². The second-order valence-electron chi connectivity index (χ2n) is 12.9. The van der Waals surface area contributed by atoms with Gasteiger partial charge in [0.05, 0.1) is 13.2 Å². The average Bonchev–Trinajstić information content (AvgIpc) is 2.93. The molecule has 2 aromatic carbocycles. The molecule has 0 radical (unpaired) electrons. The molecule has 2 rings (SSSR count). The van der Waals surface area contributed by atoms with E-state index in [4.69, 9.17) is 9.47 Å². The smallest absolute Gasteiger partial charge is 0.119 e. The lowest BCUT2D eigenvalue weighted by Gasteiger charge is -2.21. The largest absolute Gasteiger partial charge is 0.493 e. The number of benzene rings is 2. The van der Waals surface area contributed by atoms with Gasteiger partial charge < -0.3 is 9.47 Å². The van der Waals surface area contributed by atoms with Gasteiger partial charge in [-0.2, -0.15) is 0 Å². The summed E-state index contributed by atoms with van der Waals surface area (Å²) in [7, 11) is 0. The van der Waals surface area contributed by atoms with E-state index >= 15 is 0 Å². The lowest BCUT2D eigenvalue weighted by Crippen LogP contribution is -2.17. The molecule has 0 unspecified atom stereocenters. The Bertz CT molecular complexity index is 1660. The highest BCUT2D eigenvalue weighted by Crippen LogP contribution is 2.25. The molecule has 0 bridgehead atoms. The van der Waals surface area contributed by atoms with Gasteiger partial charge in [0.1, 0.15) is 11.5 Å². The molecule has 0 atom stereocenters. The van der Waals surface area contributed by atoms with Crippen LogP contribution in [0, 0.1) is 93.7 Å². The van der Waals surface area contributed by atoms with Gasteiger partial charge in [0.2, 0.25) is 0 Å². The number of hydrogen-bond donors (Lipinski definition) is 0. The summed E-state index contributed by atoms with van der Waals surface area (Å²) in [5, 5.41) is 0. The zero-order chi connectivity index (χ0) is 32.2. The summed E-state index contributed by atoms with van der Waals surface area (Å²) in [6, 6.07) is 16.0. The lowest BCUT2D eigenvalue weighted by atomic mass is 9.87. The van der Waals surface area contributed by atoms with Crippen molar-refractivity contribution < 1.29 is 26.6 Å². The molecule has 0 aliphatic heterocycles. The van der Waals surface area contributed by atoms with E-state index in [-0.39, 0.29) is 33.4 Å². The van der Waals surface area contributed by atoms with Crippen LogP contribution < -0.4 is 9.47 Å². The van der Waals surface area contributed by atoms with Crippen LogP contribution in [-0.4, -0.2) is 13.2 Å². The molecule has 0 spiro atoms. The second-order valence-corrected chi connectivity index (χ2v) is 12.9. The van der Waals surface area contributed by atoms with Crippen LogP contribution in [0.4, 0.5) is 0 Å². The highest BCUT2D eigenvalue weighted by atomic mass is 16.5. The van der Waals surface area contributed by atoms with E-state index in [2.05, 4.69) is 169 Å². The molecule has 0 saturated heterocycles. The Kier molecular flexibility index (Phi) is 15.4. The molecule has 0 aromatic heterocycles. The number of ether oxygens (including phenoxy) is 2. The van der Waals surface area contributed by atoms with Crippen molar-refractivity contribution in [2.75, 3.05) is 13.2 Å². The maximum atomic E-state index is 5.74. The first-order valence-corrected chi connectivity index (χ1v) is 14.1. The highest BCUT2D eigenvalue weighted by Gasteiger charge is 2.14. The van der Waals surface area contributed by atoms with Gasteiger partial charge in [0.25, 0.3) is 0 Å². The van der Waals surface area contributed by atoms with Gasteiger partial charge in [0, 0.05) is 22.7 Å². The minimum atomic E-state index is 0. The van der Waals surface area contributed by atoms with Gasteiger partial charge in [-0.25, -0.2) is 0 Å². The van der Waals surface area contributed by atoms with Crippen molar-refractivity contribution in [3.8, 4) is 94.4 Å². The standard InChI is InChI=1S/C26H18O.C15H24O.12H2/c1-5-6-7-8-9-10-11-12-13-14-15-16-17-18-24-19-21-25(22-20-24)27-23-26(2,3)4;1-14(2,3)11-16-13-9-7-12(8-10-13)15(4,5)6;;;;;;;;;;;;/h19-22H,23H2,1-4H3;7-10H,11H2,1-6H3;12*1H. The van der Waals surface area contributed by atoms with Crippen molar-refractivity contribution >= 4 is 0 Å². The molecular formula is C41H66O2. The maximum Gasteiger partial charge on any atom is 0.119 e. The highest BCUT2D eigenvalue weighted by molar-refractivity contribution is 5.47. The SMILES string of the molecule is CC#CC#CC#CC#CC#CC#CC#Cc1ccc(OCC(C)(C)C)cc1.CC(C)(C)COc1ccc(C(C)(C)C)cc1.[HH].[HH].[HH].[HH].[HH].[HH].[HH].[HH].[HH].[HH].[HH].[HH]. The molecule has 0 fully saturated rings. The summed E-state index contributed by atoms with van der Waals surface area (Å²) < 4.78 is 11.5. The predicted molar refractivity (Wildman–Crippen MR) is 206 cm³/mol. The van der Waals surface area contributed by atoms with Crippen molar-refractivity contribution in [1.82, 2.24) is 0 Å². The lowest BCUT2D eigenvalue weighted by molar-refractivity contribution is 0.198. The molecule has 0 saturated carbocycles. The van der Waals surface area contributed by atoms with Crippen LogP contribution in [0.25, 0.3) is 0 Å². The summed E-state index contributed by atoms with van der Waals surface area (Å²) >= 11 is 0. The maximum absolute atomic E-state index is 5.74. The van der Waals surface area contributed by atoms with Gasteiger partial charge >= 0.3 is 0 Å². The van der Waals surface area contributed by atoms with E-state index in [0.29, 0.717) is 6.61 Å². The van der Waals surface area contributed by atoms with Crippen molar-refractivity contribution in [3.63, 3.8) is 0 Å².